The number of ketones is 1. The number of aliphatic imine (C=N–C) groups is 1. The molecule has 156 valence electrons. The molecule has 2 N–H and O–H groups in total. The number of nitrogens with two attached hydrogens (primary N) is 1. The van der Waals surface area contributed by atoms with Crippen molar-refractivity contribution >= 4 is 22.9 Å². The number of quaternary nitrogens is 1. The Balaban J connectivity index is 1.94. The Morgan fingerprint density at radius 2 is 1.74 bits per heavy atom. The van der Waals surface area contributed by atoms with Crippen LogP contribution in [-0.4, -0.2) is 42.7 Å². The maximum atomic E-state index is 13.5. The standard InChI is InChI=1S/C24H23N4O3/c1-28(16-25)21-13-12-19(27(30)31)14-20(21)23(17-8-4-2-5-9-17)26-15-22(28)24(29)18-10-6-3-7-11-18/h2-14,22H,15-16,25H2,1H3/q+1. The minimum absolute atomic E-state index is 0.0289. The number of non-ortho nitro benzene ring substituents is 1. The first-order valence-electron chi connectivity index (χ1n) is 9.99. The van der Waals surface area contributed by atoms with Crippen LogP contribution in [0, 0.1) is 10.1 Å². The highest BCUT2D eigenvalue weighted by molar-refractivity contribution is 6.17. The van der Waals surface area contributed by atoms with Gasteiger partial charge in [0.25, 0.3) is 5.69 Å². The fraction of sp³-hybridized carbons (Fsp3) is 0.167. The number of nitro benzene ring substituents is 1. The molecule has 31 heavy (non-hydrogen) atoms. The lowest BCUT2D eigenvalue weighted by molar-refractivity contribution is -0.384. The topological polar surface area (TPSA) is 98.6 Å². The summed E-state index contributed by atoms with van der Waals surface area (Å²) in [6, 6.07) is 22.7. The lowest BCUT2D eigenvalue weighted by Crippen LogP contribution is -2.61. The summed E-state index contributed by atoms with van der Waals surface area (Å²) in [5, 5.41) is 11.5. The highest BCUT2D eigenvalue weighted by Crippen LogP contribution is 2.36. The van der Waals surface area contributed by atoms with Crippen LogP contribution >= 0.6 is 0 Å². The Morgan fingerprint density at radius 3 is 2.35 bits per heavy atom. The summed E-state index contributed by atoms with van der Waals surface area (Å²) in [7, 11) is 1.89. The molecule has 1 aliphatic rings. The SMILES string of the molecule is C[N+]1(CN)c2ccc([N+](=O)[O-])cc2C(c2ccccc2)=NCC1C(=O)c1ccccc1. The fourth-order valence-electron chi connectivity index (χ4n) is 4.09. The Morgan fingerprint density at radius 1 is 1.10 bits per heavy atom. The van der Waals surface area contributed by atoms with E-state index in [1.54, 1.807) is 18.2 Å². The van der Waals surface area contributed by atoms with Crippen LogP contribution in [0.1, 0.15) is 21.5 Å². The van der Waals surface area contributed by atoms with E-state index in [2.05, 4.69) is 0 Å². The van der Waals surface area contributed by atoms with Gasteiger partial charge in [0.1, 0.15) is 12.4 Å². The van der Waals surface area contributed by atoms with Crippen LogP contribution in [-0.2, 0) is 0 Å². The van der Waals surface area contributed by atoms with Gasteiger partial charge in [-0.1, -0.05) is 60.7 Å². The second-order valence-corrected chi connectivity index (χ2v) is 7.71. The van der Waals surface area contributed by atoms with Gasteiger partial charge in [0.2, 0.25) is 5.78 Å². The van der Waals surface area contributed by atoms with Crippen molar-refractivity contribution in [3.05, 3.63) is 106 Å². The zero-order chi connectivity index (χ0) is 22.0. The van der Waals surface area contributed by atoms with E-state index in [9.17, 15) is 14.9 Å². The number of Topliss-reactive ketones (excluding diaryl/α,β-unsaturated/α-hetero) is 1. The second-order valence-electron chi connectivity index (χ2n) is 7.71. The maximum absolute atomic E-state index is 13.5. The molecule has 0 spiro atoms. The number of hydrogen-bond donors (Lipinski definition) is 1. The van der Waals surface area contributed by atoms with E-state index in [0.717, 1.165) is 11.3 Å². The van der Waals surface area contributed by atoms with Gasteiger partial charge in [0, 0.05) is 29.3 Å². The van der Waals surface area contributed by atoms with E-state index < -0.39 is 11.0 Å². The van der Waals surface area contributed by atoms with Gasteiger partial charge in [-0.3, -0.25) is 30.1 Å². The molecule has 0 amide bonds. The van der Waals surface area contributed by atoms with Crippen LogP contribution in [0.15, 0.2) is 83.9 Å². The maximum Gasteiger partial charge on any atom is 0.270 e. The van der Waals surface area contributed by atoms with Crippen LogP contribution < -0.4 is 10.2 Å². The average molecular weight is 415 g/mol. The molecule has 2 unspecified atom stereocenters. The average Bonchev–Trinajstić information content (AvgIpc) is 2.94. The molecule has 0 aromatic heterocycles. The van der Waals surface area contributed by atoms with Gasteiger partial charge in [0.15, 0.2) is 6.04 Å². The Bertz CT molecular complexity index is 1160. The number of likely N-dealkylation sites (N-methyl/N-ethyl adjacent to an activating group) is 1. The summed E-state index contributed by atoms with van der Waals surface area (Å²) >= 11 is 0. The largest absolute Gasteiger partial charge is 0.287 e. The number of rotatable bonds is 5. The summed E-state index contributed by atoms with van der Waals surface area (Å²) in [6.07, 6.45) is 0. The molecular weight excluding hydrogens is 392 g/mol. The zero-order valence-electron chi connectivity index (χ0n) is 17.1. The quantitative estimate of drug-likeness (QED) is 0.298. The van der Waals surface area contributed by atoms with Crippen molar-refractivity contribution in [2.75, 3.05) is 20.3 Å². The van der Waals surface area contributed by atoms with E-state index in [1.807, 2.05) is 55.6 Å². The Kier molecular flexibility index (Phi) is 5.46. The van der Waals surface area contributed by atoms with Crippen molar-refractivity contribution < 1.29 is 9.72 Å². The van der Waals surface area contributed by atoms with Crippen LogP contribution in [0.4, 0.5) is 11.4 Å². The number of nitrogens with zero attached hydrogens (tertiary/aromatic N) is 3. The zero-order valence-corrected chi connectivity index (χ0v) is 17.1. The van der Waals surface area contributed by atoms with Crippen molar-refractivity contribution in [3.8, 4) is 0 Å². The van der Waals surface area contributed by atoms with Crippen molar-refractivity contribution in [1.82, 2.24) is 4.48 Å². The minimum atomic E-state index is -0.561. The first kappa shape index (κ1) is 20.6. The van der Waals surface area contributed by atoms with E-state index >= 15 is 0 Å². The van der Waals surface area contributed by atoms with Crippen LogP contribution in [0.2, 0.25) is 0 Å². The first-order chi connectivity index (χ1) is 15.0. The Labute approximate surface area is 180 Å². The van der Waals surface area contributed by atoms with Crippen LogP contribution in [0.3, 0.4) is 0 Å². The molecule has 3 aromatic rings. The molecule has 0 bridgehead atoms. The van der Waals surface area contributed by atoms with Crippen molar-refractivity contribution in [1.29, 1.82) is 0 Å². The summed E-state index contributed by atoms with van der Waals surface area (Å²) < 4.78 is 0.0981. The highest BCUT2D eigenvalue weighted by atomic mass is 16.6. The summed E-state index contributed by atoms with van der Waals surface area (Å²) in [5.74, 6) is -0.0593. The third-order valence-electron chi connectivity index (χ3n) is 5.89. The van der Waals surface area contributed by atoms with Gasteiger partial charge < -0.3 is 0 Å². The van der Waals surface area contributed by atoms with E-state index in [0.29, 0.717) is 16.8 Å². The second kappa shape index (κ2) is 8.22. The lowest BCUT2D eigenvalue weighted by Gasteiger charge is -2.38. The molecular formula is C24H23N4O3+. The molecule has 3 aromatic carbocycles. The molecule has 0 saturated heterocycles. The molecule has 2 atom stereocenters. The number of carbonyl (C=O) groups excluding carboxylic acids is 1. The molecule has 7 nitrogen and oxygen atoms in total. The molecule has 0 fully saturated rings. The number of hydrogen-bond acceptors (Lipinski definition) is 5. The number of nitro groups is 1. The minimum Gasteiger partial charge on any atom is -0.287 e. The molecule has 1 heterocycles. The molecule has 4 rings (SSSR count). The molecule has 1 aliphatic heterocycles. The van der Waals surface area contributed by atoms with E-state index in [4.69, 9.17) is 10.7 Å². The van der Waals surface area contributed by atoms with Gasteiger partial charge in [-0.2, -0.15) is 0 Å². The van der Waals surface area contributed by atoms with E-state index in [-0.39, 0.29) is 29.2 Å². The predicted octanol–water partition coefficient (Wildman–Crippen LogP) is 3.55. The van der Waals surface area contributed by atoms with Gasteiger partial charge in [-0.25, -0.2) is 0 Å². The third-order valence-corrected chi connectivity index (χ3v) is 5.89. The van der Waals surface area contributed by atoms with Crippen molar-refractivity contribution in [2.24, 2.45) is 10.7 Å². The van der Waals surface area contributed by atoms with Crippen LogP contribution in [0.25, 0.3) is 0 Å². The first-order valence-corrected chi connectivity index (χ1v) is 9.99. The summed E-state index contributed by atoms with van der Waals surface area (Å²) in [6.45, 7) is 0.361. The smallest absolute Gasteiger partial charge is 0.270 e. The predicted molar refractivity (Wildman–Crippen MR) is 121 cm³/mol. The highest BCUT2D eigenvalue weighted by Gasteiger charge is 2.44. The fourth-order valence-corrected chi connectivity index (χ4v) is 4.09. The molecule has 0 aliphatic carbocycles. The molecule has 0 saturated carbocycles. The summed E-state index contributed by atoms with van der Waals surface area (Å²) in [4.78, 5) is 29.4. The van der Waals surface area contributed by atoms with Gasteiger partial charge in [0.05, 0.1) is 29.8 Å². The number of carbonyl (C=O) groups is 1. The van der Waals surface area contributed by atoms with Crippen molar-refractivity contribution in [2.45, 2.75) is 6.04 Å². The monoisotopic (exact) mass is 415 g/mol. The van der Waals surface area contributed by atoms with Gasteiger partial charge in [-0.05, 0) is 0 Å². The number of benzene rings is 3. The van der Waals surface area contributed by atoms with Gasteiger partial charge >= 0.3 is 0 Å². The molecule has 7 heteroatoms. The van der Waals surface area contributed by atoms with Crippen LogP contribution in [0.5, 0.6) is 0 Å². The summed E-state index contributed by atoms with van der Waals surface area (Å²) in [5.41, 5.74) is 9.63. The lowest BCUT2D eigenvalue weighted by atomic mass is 9.97. The van der Waals surface area contributed by atoms with E-state index in [1.165, 1.54) is 12.1 Å². The third kappa shape index (κ3) is 3.65. The normalized spacial score (nSPS) is 20.3. The van der Waals surface area contributed by atoms with Crippen molar-refractivity contribution in [3.63, 3.8) is 0 Å². The van der Waals surface area contributed by atoms with Gasteiger partial charge in [-0.15, -0.1) is 0 Å². The molecule has 0 radical (unpaired) electrons. The Hall–Kier alpha value is -3.68. The number of benzodiazepines with no additional fused rings is 1. The number of fused-ring (bicyclic) bond motifs is 1.